The fraction of sp³-hybridized carbons (Fsp3) is 0.562. The number of aryl methyl sites for hydroxylation is 1. The summed E-state index contributed by atoms with van der Waals surface area (Å²) in [7, 11) is 1.68. The molecule has 2 N–H and O–H groups in total. The molecule has 0 heterocycles. The molecule has 4 nitrogen and oxygen atoms in total. The summed E-state index contributed by atoms with van der Waals surface area (Å²) in [5, 5.41) is 6.21. The second-order valence-corrected chi connectivity index (χ2v) is 5.34. The van der Waals surface area contributed by atoms with E-state index in [1.54, 1.807) is 7.11 Å². The van der Waals surface area contributed by atoms with Crippen molar-refractivity contribution in [3.05, 3.63) is 35.4 Å². The van der Waals surface area contributed by atoms with Gasteiger partial charge in [0, 0.05) is 32.7 Å². The number of benzene rings is 1. The molecule has 21 heavy (non-hydrogen) atoms. The van der Waals surface area contributed by atoms with Crippen molar-refractivity contribution in [1.29, 1.82) is 0 Å². The summed E-state index contributed by atoms with van der Waals surface area (Å²) in [6.45, 7) is 5.10. The van der Waals surface area contributed by atoms with Gasteiger partial charge in [0.25, 0.3) is 0 Å². The molecule has 1 aliphatic rings. The summed E-state index contributed by atoms with van der Waals surface area (Å²) in [5.41, 5.74) is 2.61. The van der Waals surface area contributed by atoms with Gasteiger partial charge in [-0.3, -0.25) is 4.79 Å². The lowest BCUT2D eigenvalue weighted by Crippen LogP contribution is -2.34. The highest BCUT2D eigenvalue weighted by atomic mass is 35.5. The van der Waals surface area contributed by atoms with E-state index in [1.165, 1.54) is 11.1 Å². The van der Waals surface area contributed by atoms with Gasteiger partial charge in [-0.2, -0.15) is 0 Å². The Morgan fingerprint density at radius 3 is 2.76 bits per heavy atom. The summed E-state index contributed by atoms with van der Waals surface area (Å²) < 4.78 is 4.94. The van der Waals surface area contributed by atoms with Crippen LogP contribution in [-0.4, -0.2) is 39.3 Å². The van der Waals surface area contributed by atoms with Crippen molar-refractivity contribution < 1.29 is 9.53 Å². The average molecular weight is 313 g/mol. The number of carbonyl (C=O) groups is 1. The van der Waals surface area contributed by atoms with Crippen LogP contribution in [0.3, 0.4) is 0 Å². The van der Waals surface area contributed by atoms with Crippen molar-refractivity contribution >= 4 is 18.3 Å². The fourth-order valence-corrected chi connectivity index (χ4v) is 2.54. The molecule has 1 aromatic rings. The summed E-state index contributed by atoms with van der Waals surface area (Å²) in [4.78, 5) is 12.0. The van der Waals surface area contributed by atoms with Gasteiger partial charge in [0.1, 0.15) is 0 Å². The maximum Gasteiger partial charge on any atom is 0.223 e. The van der Waals surface area contributed by atoms with Gasteiger partial charge in [0.05, 0.1) is 6.61 Å². The monoisotopic (exact) mass is 312 g/mol. The summed E-state index contributed by atoms with van der Waals surface area (Å²) >= 11 is 0. The molecule has 1 fully saturated rings. The van der Waals surface area contributed by atoms with Crippen LogP contribution >= 0.6 is 12.4 Å². The van der Waals surface area contributed by atoms with E-state index in [4.69, 9.17) is 4.74 Å². The molecule has 1 saturated carbocycles. The molecule has 0 radical (unpaired) electrons. The number of hydrogen-bond donors (Lipinski definition) is 2. The first-order chi connectivity index (χ1) is 9.74. The molecular formula is C16H25ClN2O2. The molecule has 0 saturated heterocycles. The fourth-order valence-electron chi connectivity index (χ4n) is 2.54. The summed E-state index contributed by atoms with van der Waals surface area (Å²) in [5.74, 6) is 0.763. The van der Waals surface area contributed by atoms with Crippen LogP contribution in [0.1, 0.15) is 23.5 Å². The first kappa shape index (κ1) is 18.0. The molecular weight excluding hydrogens is 288 g/mol. The number of amides is 1. The molecule has 5 heteroatoms. The lowest BCUT2D eigenvalue weighted by atomic mass is 10.0. The lowest BCUT2D eigenvalue weighted by Gasteiger charge is -2.07. The molecule has 0 aliphatic heterocycles. The van der Waals surface area contributed by atoms with E-state index in [1.807, 2.05) is 6.07 Å². The van der Waals surface area contributed by atoms with Gasteiger partial charge in [-0.05, 0) is 30.4 Å². The third-order valence-electron chi connectivity index (χ3n) is 3.80. The number of ether oxygens (including phenoxy) is 1. The minimum atomic E-state index is 0. The zero-order valence-corrected chi connectivity index (χ0v) is 13.5. The molecule has 1 amide bonds. The Balaban J connectivity index is 0.00000220. The Hall–Kier alpha value is -1.10. The van der Waals surface area contributed by atoms with Crippen LogP contribution in [0.2, 0.25) is 0 Å². The number of rotatable bonds is 8. The van der Waals surface area contributed by atoms with Gasteiger partial charge < -0.3 is 15.4 Å². The second kappa shape index (κ2) is 9.03. The van der Waals surface area contributed by atoms with Crippen molar-refractivity contribution in [2.75, 3.05) is 33.4 Å². The van der Waals surface area contributed by atoms with Crippen molar-refractivity contribution in [1.82, 2.24) is 10.6 Å². The molecule has 118 valence electrons. The molecule has 2 rings (SSSR count). The Labute approximate surface area is 133 Å². The van der Waals surface area contributed by atoms with Crippen LogP contribution < -0.4 is 10.6 Å². The van der Waals surface area contributed by atoms with E-state index >= 15 is 0 Å². The molecule has 2 unspecified atom stereocenters. The smallest absolute Gasteiger partial charge is 0.223 e. The van der Waals surface area contributed by atoms with Crippen molar-refractivity contribution in [3.63, 3.8) is 0 Å². The minimum Gasteiger partial charge on any atom is -0.383 e. The van der Waals surface area contributed by atoms with E-state index in [0.29, 0.717) is 19.1 Å². The Kier molecular flexibility index (Phi) is 7.72. The van der Waals surface area contributed by atoms with Gasteiger partial charge in [-0.15, -0.1) is 12.4 Å². The second-order valence-electron chi connectivity index (χ2n) is 5.34. The Morgan fingerprint density at radius 1 is 1.29 bits per heavy atom. The van der Waals surface area contributed by atoms with Crippen LogP contribution in [0.4, 0.5) is 0 Å². The topological polar surface area (TPSA) is 50.4 Å². The third kappa shape index (κ3) is 5.30. The number of halogens is 1. The maximum atomic E-state index is 12.0. The Morgan fingerprint density at radius 2 is 2.05 bits per heavy atom. The maximum absolute atomic E-state index is 12.0. The van der Waals surface area contributed by atoms with Gasteiger partial charge in [0.15, 0.2) is 0 Å². The molecule has 1 aromatic carbocycles. The van der Waals surface area contributed by atoms with Crippen molar-refractivity contribution in [3.8, 4) is 0 Å². The lowest BCUT2D eigenvalue weighted by molar-refractivity contribution is -0.122. The first-order valence-corrected chi connectivity index (χ1v) is 7.27. The predicted molar refractivity (Wildman–Crippen MR) is 87.0 cm³/mol. The van der Waals surface area contributed by atoms with E-state index in [9.17, 15) is 4.79 Å². The SMILES string of the molecule is COCCNCCNC(=O)C1CC1c1ccccc1C.Cl. The highest BCUT2D eigenvalue weighted by Crippen LogP contribution is 2.48. The quantitative estimate of drug-likeness (QED) is 0.721. The van der Waals surface area contributed by atoms with Gasteiger partial charge in [-0.25, -0.2) is 0 Å². The number of carbonyl (C=O) groups excluding carboxylic acids is 1. The molecule has 0 bridgehead atoms. The number of methoxy groups -OCH3 is 1. The van der Waals surface area contributed by atoms with E-state index < -0.39 is 0 Å². The number of hydrogen-bond acceptors (Lipinski definition) is 3. The normalized spacial score (nSPS) is 19.7. The van der Waals surface area contributed by atoms with Crippen molar-refractivity contribution in [2.45, 2.75) is 19.3 Å². The zero-order valence-electron chi connectivity index (χ0n) is 12.7. The molecule has 1 aliphatic carbocycles. The number of nitrogens with one attached hydrogen (secondary N) is 2. The zero-order chi connectivity index (χ0) is 14.4. The minimum absolute atomic E-state index is 0. The van der Waals surface area contributed by atoms with E-state index in [-0.39, 0.29) is 24.2 Å². The van der Waals surface area contributed by atoms with E-state index in [2.05, 4.69) is 35.8 Å². The highest BCUT2D eigenvalue weighted by molar-refractivity contribution is 5.85. The summed E-state index contributed by atoms with van der Waals surface area (Å²) in [6.07, 6.45) is 0.980. The van der Waals surface area contributed by atoms with Crippen LogP contribution in [0.5, 0.6) is 0 Å². The molecule has 2 atom stereocenters. The standard InChI is InChI=1S/C16H24N2O2.ClH/c1-12-5-3-4-6-13(12)14-11-15(14)16(19)18-8-7-17-9-10-20-2;/h3-6,14-15,17H,7-11H2,1-2H3,(H,18,19);1H. The molecule has 0 spiro atoms. The van der Waals surface area contributed by atoms with Crippen LogP contribution in [0, 0.1) is 12.8 Å². The van der Waals surface area contributed by atoms with E-state index in [0.717, 1.165) is 19.5 Å². The van der Waals surface area contributed by atoms with Gasteiger partial charge in [0.2, 0.25) is 5.91 Å². The van der Waals surface area contributed by atoms with Crippen LogP contribution in [0.15, 0.2) is 24.3 Å². The van der Waals surface area contributed by atoms with Gasteiger partial charge in [-0.1, -0.05) is 24.3 Å². The molecule has 0 aromatic heterocycles. The van der Waals surface area contributed by atoms with Crippen LogP contribution in [-0.2, 0) is 9.53 Å². The summed E-state index contributed by atoms with van der Waals surface area (Å²) in [6, 6.07) is 8.35. The van der Waals surface area contributed by atoms with Gasteiger partial charge >= 0.3 is 0 Å². The van der Waals surface area contributed by atoms with Crippen LogP contribution in [0.25, 0.3) is 0 Å². The average Bonchev–Trinajstić information content (AvgIpc) is 3.23. The largest absolute Gasteiger partial charge is 0.383 e. The predicted octanol–water partition coefficient (Wildman–Crippen LogP) is 1.87. The first-order valence-electron chi connectivity index (χ1n) is 7.27. The Bertz CT molecular complexity index is 454. The highest BCUT2D eigenvalue weighted by Gasteiger charge is 2.44. The third-order valence-corrected chi connectivity index (χ3v) is 3.80. The van der Waals surface area contributed by atoms with Crippen molar-refractivity contribution in [2.24, 2.45) is 5.92 Å².